The molecule has 3 heterocycles. The molecule has 0 bridgehead atoms. The molecule has 1 amide bonds. The highest BCUT2D eigenvalue weighted by molar-refractivity contribution is 6.04. The summed E-state index contributed by atoms with van der Waals surface area (Å²) in [6, 6.07) is 11.1. The van der Waals surface area contributed by atoms with Crippen LogP contribution >= 0.6 is 0 Å². The summed E-state index contributed by atoms with van der Waals surface area (Å²) >= 11 is 0. The van der Waals surface area contributed by atoms with E-state index in [-0.39, 0.29) is 5.91 Å². The first kappa shape index (κ1) is 20.3. The second kappa shape index (κ2) is 7.70. The smallest absolute Gasteiger partial charge is 0.256 e. The molecular formula is C22H28N6O2. The first-order valence-corrected chi connectivity index (χ1v) is 10.1. The second-order valence-corrected chi connectivity index (χ2v) is 8.54. The third-order valence-electron chi connectivity index (χ3n) is 5.65. The second-order valence-electron chi connectivity index (χ2n) is 8.54. The Labute approximate surface area is 176 Å². The van der Waals surface area contributed by atoms with Crippen molar-refractivity contribution in [2.45, 2.75) is 31.9 Å². The zero-order chi connectivity index (χ0) is 21.5. The van der Waals surface area contributed by atoms with Gasteiger partial charge in [-0.3, -0.25) is 4.79 Å². The lowest BCUT2D eigenvalue weighted by Crippen LogP contribution is -2.32. The topological polar surface area (TPSA) is 86.0 Å². The number of likely N-dealkylation sites (N-methyl/N-ethyl adjacent to an activating group) is 1. The van der Waals surface area contributed by atoms with Gasteiger partial charge in [0, 0.05) is 36.8 Å². The summed E-state index contributed by atoms with van der Waals surface area (Å²) in [5, 5.41) is 17.4. The summed E-state index contributed by atoms with van der Waals surface area (Å²) < 4.78 is 1.81. The number of aliphatic hydroxyl groups is 1. The lowest BCUT2D eigenvalue weighted by molar-refractivity contribution is 0.0785. The standard InChI is InChI=1S/C22H28N6O2/c1-22(2,30)16-7-5-15(6-8-16)21(29)25-18-13-20(28-19(24-18)9-11-23-28)27-12-10-17(14-27)26(3)4/h5-9,11,13,17,30H,10,12,14H2,1-4H3,(H,24,25,29)/t17-/m0/s1. The van der Waals surface area contributed by atoms with E-state index >= 15 is 0 Å². The molecule has 3 aromatic rings. The van der Waals surface area contributed by atoms with Crippen molar-refractivity contribution in [3.05, 3.63) is 53.7 Å². The van der Waals surface area contributed by atoms with Gasteiger partial charge in [0.1, 0.15) is 11.6 Å². The Bertz CT molecular complexity index is 1050. The van der Waals surface area contributed by atoms with Gasteiger partial charge in [0.05, 0.1) is 11.8 Å². The van der Waals surface area contributed by atoms with Crippen molar-refractivity contribution in [1.82, 2.24) is 19.5 Å². The van der Waals surface area contributed by atoms with Gasteiger partial charge in [-0.25, -0.2) is 4.98 Å². The Morgan fingerprint density at radius 3 is 2.60 bits per heavy atom. The van der Waals surface area contributed by atoms with Crippen LogP contribution in [-0.4, -0.2) is 63.7 Å². The van der Waals surface area contributed by atoms with Crippen LogP contribution in [0.15, 0.2) is 42.6 Å². The van der Waals surface area contributed by atoms with Gasteiger partial charge in [0.15, 0.2) is 5.65 Å². The molecule has 30 heavy (non-hydrogen) atoms. The third-order valence-corrected chi connectivity index (χ3v) is 5.65. The van der Waals surface area contributed by atoms with Crippen LogP contribution in [0.25, 0.3) is 5.65 Å². The highest BCUT2D eigenvalue weighted by Crippen LogP contribution is 2.25. The van der Waals surface area contributed by atoms with Crippen LogP contribution in [0, 0.1) is 0 Å². The van der Waals surface area contributed by atoms with Gasteiger partial charge < -0.3 is 20.2 Å². The third kappa shape index (κ3) is 4.01. The van der Waals surface area contributed by atoms with Crippen molar-refractivity contribution in [2.75, 3.05) is 37.4 Å². The minimum absolute atomic E-state index is 0.243. The molecule has 0 radical (unpaired) electrons. The Morgan fingerprint density at radius 2 is 1.97 bits per heavy atom. The van der Waals surface area contributed by atoms with Gasteiger partial charge in [-0.05, 0) is 52.1 Å². The number of hydrogen-bond donors (Lipinski definition) is 2. The molecule has 8 heteroatoms. The van der Waals surface area contributed by atoms with Gasteiger partial charge in [-0.15, -0.1) is 0 Å². The normalized spacial score (nSPS) is 17.1. The number of amides is 1. The zero-order valence-corrected chi connectivity index (χ0v) is 17.8. The number of nitrogens with one attached hydrogen (secondary N) is 1. The Kier molecular flexibility index (Phi) is 5.21. The number of fused-ring (bicyclic) bond motifs is 1. The molecule has 1 aliphatic heterocycles. The van der Waals surface area contributed by atoms with E-state index in [1.165, 1.54) is 0 Å². The number of hydrogen-bond acceptors (Lipinski definition) is 6. The molecule has 4 rings (SSSR count). The van der Waals surface area contributed by atoms with Crippen molar-refractivity contribution in [1.29, 1.82) is 0 Å². The van der Waals surface area contributed by atoms with E-state index in [1.807, 2.05) is 16.6 Å². The lowest BCUT2D eigenvalue weighted by atomic mass is 9.97. The molecular weight excluding hydrogens is 380 g/mol. The molecule has 1 aromatic carbocycles. The van der Waals surface area contributed by atoms with E-state index in [9.17, 15) is 9.90 Å². The molecule has 0 saturated carbocycles. The molecule has 1 aliphatic rings. The number of aromatic nitrogens is 3. The summed E-state index contributed by atoms with van der Waals surface area (Å²) in [6.45, 7) is 5.26. The molecule has 0 spiro atoms. The SMILES string of the molecule is CN(C)[C@H]1CCN(c2cc(NC(=O)c3ccc(C(C)(C)O)cc3)nc3ccnn23)C1. The highest BCUT2D eigenvalue weighted by atomic mass is 16.3. The van der Waals surface area contributed by atoms with Gasteiger partial charge >= 0.3 is 0 Å². The number of benzene rings is 1. The van der Waals surface area contributed by atoms with Crippen molar-refractivity contribution in [3.63, 3.8) is 0 Å². The number of carbonyl (C=O) groups is 1. The van der Waals surface area contributed by atoms with E-state index in [4.69, 9.17) is 0 Å². The maximum atomic E-state index is 12.8. The highest BCUT2D eigenvalue weighted by Gasteiger charge is 2.26. The molecule has 1 saturated heterocycles. The molecule has 8 nitrogen and oxygen atoms in total. The minimum atomic E-state index is -0.946. The summed E-state index contributed by atoms with van der Waals surface area (Å²) in [4.78, 5) is 21.8. The van der Waals surface area contributed by atoms with Crippen LogP contribution in [0.5, 0.6) is 0 Å². The fourth-order valence-corrected chi connectivity index (χ4v) is 3.78. The van der Waals surface area contributed by atoms with Crippen molar-refractivity contribution >= 4 is 23.2 Å². The van der Waals surface area contributed by atoms with Crippen LogP contribution in [-0.2, 0) is 5.60 Å². The van der Waals surface area contributed by atoms with Crippen LogP contribution in [0.3, 0.4) is 0 Å². The summed E-state index contributed by atoms with van der Waals surface area (Å²) in [5.74, 6) is 1.16. The summed E-state index contributed by atoms with van der Waals surface area (Å²) in [6.07, 6.45) is 2.79. The lowest BCUT2D eigenvalue weighted by Gasteiger charge is -2.22. The molecule has 1 fully saturated rings. The number of rotatable bonds is 5. The quantitative estimate of drug-likeness (QED) is 0.674. The van der Waals surface area contributed by atoms with Crippen LogP contribution in [0.1, 0.15) is 36.2 Å². The Balaban J connectivity index is 1.58. The molecule has 0 unspecified atom stereocenters. The first-order chi connectivity index (χ1) is 14.2. The molecule has 0 aliphatic carbocycles. The van der Waals surface area contributed by atoms with Crippen molar-refractivity contribution < 1.29 is 9.90 Å². The average molecular weight is 409 g/mol. The van der Waals surface area contributed by atoms with Crippen LogP contribution < -0.4 is 10.2 Å². The largest absolute Gasteiger partial charge is 0.386 e. The number of anilines is 2. The van der Waals surface area contributed by atoms with Gasteiger partial charge in [-0.1, -0.05) is 12.1 Å². The number of nitrogens with zero attached hydrogens (tertiary/aromatic N) is 5. The predicted molar refractivity (Wildman–Crippen MR) is 117 cm³/mol. The minimum Gasteiger partial charge on any atom is -0.386 e. The molecule has 1 atom stereocenters. The Hall–Kier alpha value is -2.97. The molecule has 158 valence electrons. The van der Waals surface area contributed by atoms with E-state index in [0.717, 1.165) is 30.9 Å². The average Bonchev–Trinajstić information content (AvgIpc) is 3.36. The van der Waals surface area contributed by atoms with Gasteiger partial charge in [-0.2, -0.15) is 9.61 Å². The van der Waals surface area contributed by atoms with Crippen LogP contribution in [0.2, 0.25) is 0 Å². The monoisotopic (exact) mass is 408 g/mol. The van der Waals surface area contributed by atoms with E-state index in [1.54, 1.807) is 44.3 Å². The number of carbonyl (C=O) groups excluding carboxylic acids is 1. The predicted octanol–water partition coefficient (Wildman–Crippen LogP) is 2.35. The van der Waals surface area contributed by atoms with E-state index in [0.29, 0.717) is 23.1 Å². The maximum absolute atomic E-state index is 12.8. The van der Waals surface area contributed by atoms with Gasteiger partial charge in [0.25, 0.3) is 5.91 Å². The maximum Gasteiger partial charge on any atom is 0.256 e. The molecule has 2 aromatic heterocycles. The Morgan fingerprint density at radius 1 is 1.23 bits per heavy atom. The summed E-state index contributed by atoms with van der Waals surface area (Å²) in [5.41, 5.74) is 1.00. The zero-order valence-electron chi connectivity index (χ0n) is 17.8. The van der Waals surface area contributed by atoms with Crippen molar-refractivity contribution in [3.8, 4) is 0 Å². The van der Waals surface area contributed by atoms with Gasteiger partial charge in [0.2, 0.25) is 0 Å². The van der Waals surface area contributed by atoms with E-state index in [2.05, 4.69) is 39.3 Å². The first-order valence-electron chi connectivity index (χ1n) is 10.1. The summed E-state index contributed by atoms with van der Waals surface area (Å²) in [7, 11) is 4.19. The fraction of sp³-hybridized carbons (Fsp3) is 0.409. The van der Waals surface area contributed by atoms with Crippen molar-refractivity contribution in [2.24, 2.45) is 0 Å². The molecule has 2 N–H and O–H groups in total. The van der Waals surface area contributed by atoms with E-state index < -0.39 is 5.60 Å². The van der Waals surface area contributed by atoms with Crippen LogP contribution in [0.4, 0.5) is 11.6 Å². The fourth-order valence-electron chi connectivity index (χ4n) is 3.78.